The number of nitrogens with zero attached hydrogens (tertiary/aromatic N) is 1. The van der Waals surface area contributed by atoms with Crippen LogP contribution in [0.1, 0.15) is 16.8 Å². The highest BCUT2D eigenvalue weighted by atomic mass is 32.1. The van der Waals surface area contributed by atoms with E-state index in [0.29, 0.717) is 0 Å². The summed E-state index contributed by atoms with van der Waals surface area (Å²) >= 11 is 1.78. The van der Waals surface area contributed by atoms with Crippen molar-refractivity contribution in [1.82, 2.24) is 15.6 Å². The summed E-state index contributed by atoms with van der Waals surface area (Å²) in [7, 11) is 0. The highest BCUT2D eigenvalue weighted by Gasteiger charge is 2.22. The minimum absolute atomic E-state index is 0.778. The summed E-state index contributed by atoms with van der Waals surface area (Å²) in [6.07, 6.45) is 1.97. The minimum Gasteiger partial charge on any atom is -0.316 e. The third-order valence-corrected chi connectivity index (χ3v) is 3.97. The molecule has 1 unspecified atom stereocenters. The van der Waals surface area contributed by atoms with Gasteiger partial charge in [-0.2, -0.15) is 0 Å². The molecular formula is C11H19N3S. The molecule has 84 valence electrons. The largest absolute Gasteiger partial charge is 0.316 e. The van der Waals surface area contributed by atoms with E-state index < -0.39 is 0 Å². The third kappa shape index (κ3) is 3.00. The van der Waals surface area contributed by atoms with E-state index in [2.05, 4.69) is 29.5 Å². The molecule has 1 aromatic heterocycles. The van der Waals surface area contributed by atoms with Crippen molar-refractivity contribution in [1.29, 1.82) is 0 Å². The van der Waals surface area contributed by atoms with Gasteiger partial charge in [-0.25, -0.2) is 4.98 Å². The first-order valence-corrected chi connectivity index (χ1v) is 6.40. The average molecular weight is 225 g/mol. The predicted octanol–water partition coefficient (Wildman–Crippen LogP) is 1.40. The molecule has 4 heteroatoms. The molecule has 2 rings (SSSR count). The molecule has 15 heavy (non-hydrogen) atoms. The molecule has 1 atom stereocenters. The molecule has 0 radical (unpaired) electrons. The normalized spacial score (nSPS) is 18.8. The van der Waals surface area contributed by atoms with E-state index in [1.54, 1.807) is 11.3 Å². The molecular weight excluding hydrogens is 206 g/mol. The van der Waals surface area contributed by atoms with Crippen molar-refractivity contribution < 1.29 is 0 Å². The van der Waals surface area contributed by atoms with Gasteiger partial charge >= 0.3 is 0 Å². The molecule has 1 saturated heterocycles. The maximum Gasteiger partial charge on any atom is 0.0897 e. The van der Waals surface area contributed by atoms with Gasteiger partial charge in [0.2, 0.25) is 0 Å². The molecule has 2 N–H and O–H groups in total. The second kappa shape index (κ2) is 5.05. The maximum atomic E-state index is 4.25. The van der Waals surface area contributed by atoms with Crippen LogP contribution in [0.25, 0.3) is 0 Å². The van der Waals surface area contributed by atoms with Crippen molar-refractivity contribution in [2.24, 2.45) is 11.8 Å². The SMILES string of the molecule is Cc1ncc(CNCC(C)C2CNC2)s1. The van der Waals surface area contributed by atoms with Crippen LogP contribution in [0.2, 0.25) is 0 Å². The average Bonchev–Trinajstić information content (AvgIpc) is 2.48. The smallest absolute Gasteiger partial charge is 0.0897 e. The Morgan fingerprint density at radius 2 is 2.47 bits per heavy atom. The van der Waals surface area contributed by atoms with Crippen LogP contribution in [0.5, 0.6) is 0 Å². The lowest BCUT2D eigenvalue weighted by atomic mass is 9.89. The summed E-state index contributed by atoms with van der Waals surface area (Å²) in [5, 5.41) is 7.98. The van der Waals surface area contributed by atoms with Gasteiger partial charge in [-0.15, -0.1) is 11.3 Å². The zero-order valence-electron chi connectivity index (χ0n) is 9.42. The van der Waals surface area contributed by atoms with Crippen molar-refractivity contribution in [2.45, 2.75) is 20.4 Å². The zero-order chi connectivity index (χ0) is 10.7. The van der Waals surface area contributed by atoms with Crippen LogP contribution in [-0.2, 0) is 6.54 Å². The fourth-order valence-electron chi connectivity index (χ4n) is 1.79. The molecule has 0 saturated carbocycles. The Kier molecular flexibility index (Phi) is 3.72. The molecule has 0 aromatic carbocycles. The van der Waals surface area contributed by atoms with Crippen molar-refractivity contribution in [2.75, 3.05) is 19.6 Å². The van der Waals surface area contributed by atoms with Crippen LogP contribution < -0.4 is 10.6 Å². The molecule has 2 heterocycles. The summed E-state index contributed by atoms with van der Waals surface area (Å²) < 4.78 is 0. The third-order valence-electron chi connectivity index (χ3n) is 3.05. The van der Waals surface area contributed by atoms with Gasteiger partial charge in [-0.3, -0.25) is 0 Å². The van der Waals surface area contributed by atoms with E-state index in [0.717, 1.165) is 29.9 Å². The van der Waals surface area contributed by atoms with Crippen molar-refractivity contribution >= 4 is 11.3 Å². The Labute approximate surface area is 95.3 Å². The van der Waals surface area contributed by atoms with Crippen molar-refractivity contribution in [3.8, 4) is 0 Å². The number of rotatable bonds is 5. The molecule has 1 aromatic rings. The lowest BCUT2D eigenvalue weighted by Crippen LogP contribution is -2.47. The lowest BCUT2D eigenvalue weighted by molar-refractivity contribution is 0.242. The monoisotopic (exact) mass is 225 g/mol. The van der Waals surface area contributed by atoms with E-state index in [-0.39, 0.29) is 0 Å². The van der Waals surface area contributed by atoms with Crippen molar-refractivity contribution in [3.05, 3.63) is 16.1 Å². The maximum absolute atomic E-state index is 4.25. The summed E-state index contributed by atoms with van der Waals surface area (Å²) in [6.45, 7) is 8.86. The van der Waals surface area contributed by atoms with Gasteiger partial charge in [0.05, 0.1) is 5.01 Å². The van der Waals surface area contributed by atoms with Crippen LogP contribution >= 0.6 is 11.3 Å². The number of aryl methyl sites for hydroxylation is 1. The first kappa shape index (κ1) is 11.0. The first-order valence-electron chi connectivity index (χ1n) is 5.58. The minimum atomic E-state index is 0.778. The Morgan fingerprint density at radius 1 is 1.67 bits per heavy atom. The fraction of sp³-hybridized carbons (Fsp3) is 0.727. The number of hydrogen-bond acceptors (Lipinski definition) is 4. The van der Waals surface area contributed by atoms with Crippen molar-refractivity contribution in [3.63, 3.8) is 0 Å². The summed E-state index contributed by atoms with van der Waals surface area (Å²) in [5.41, 5.74) is 0. The molecule has 0 spiro atoms. The standard InChI is InChI=1S/C11H19N3S/c1-8(10-4-13-5-10)3-12-6-11-7-14-9(2)15-11/h7-8,10,12-13H,3-6H2,1-2H3. The highest BCUT2D eigenvalue weighted by molar-refractivity contribution is 7.11. The summed E-state index contributed by atoms with van der Waals surface area (Å²) in [5.74, 6) is 1.65. The molecule has 3 nitrogen and oxygen atoms in total. The van der Waals surface area contributed by atoms with E-state index in [9.17, 15) is 0 Å². The van der Waals surface area contributed by atoms with E-state index in [4.69, 9.17) is 0 Å². The van der Waals surface area contributed by atoms with E-state index >= 15 is 0 Å². The Bertz CT molecular complexity index is 307. The number of hydrogen-bond donors (Lipinski definition) is 2. The van der Waals surface area contributed by atoms with Gasteiger partial charge in [-0.05, 0) is 38.4 Å². The summed E-state index contributed by atoms with van der Waals surface area (Å²) in [6, 6.07) is 0. The quantitative estimate of drug-likeness (QED) is 0.795. The van der Waals surface area contributed by atoms with Gasteiger partial charge in [0.15, 0.2) is 0 Å². The van der Waals surface area contributed by atoms with Crippen LogP contribution in [-0.4, -0.2) is 24.6 Å². The molecule has 0 aliphatic carbocycles. The Hall–Kier alpha value is -0.450. The predicted molar refractivity (Wildman–Crippen MR) is 64.1 cm³/mol. The highest BCUT2D eigenvalue weighted by Crippen LogP contribution is 2.15. The molecule has 1 fully saturated rings. The van der Waals surface area contributed by atoms with Crippen LogP contribution in [0, 0.1) is 18.8 Å². The lowest BCUT2D eigenvalue weighted by Gasteiger charge is -2.32. The Morgan fingerprint density at radius 3 is 3.00 bits per heavy atom. The Balaban J connectivity index is 1.65. The topological polar surface area (TPSA) is 37.0 Å². The van der Waals surface area contributed by atoms with Crippen LogP contribution in [0.15, 0.2) is 6.20 Å². The first-order chi connectivity index (χ1) is 7.25. The van der Waals surface area contributed by atoms with Gasteiger partial charge in [-0.1, -0.05) is 6.92 Å². The van der Waals surface area contributed by atoms with Crippen LogP contribution in [0.4, 0.5) is 0 Å². The fourth-order valence-corrected chi connectivity index (χ4v) is 2.55. The van der Waals surface area contributed by atoms with E-state index in [1.807, 2.05) is 6.20 Å². The molecule has 0 amide bonds. The van der Waals surface area contributed by atoms with Crippen LogP contribution in [0.3, 0.4) is 0 Å². The van der Waals surface area contributed by atoms with Gasteiger partial charge < -0.3 is 10.6 Å². The second-order valence-corrected chi connectivity index (χ2v) is 5.69. The van der Waals surface area contributed by atoms with Gasteiger partial charge in [0.1, 0.15) is 0 Å². The van der Waals surface area contributed by atoms with Gasteiger partial charge in [0.25, 0.3) is 0 Å². The molecule has 1 aliphatic rings. The molecule has 0 bridgehead atoms. The zero-order valence-corrected chi connectivity index (χ0v) is 10.2. The molecule has 1 aliphatic heterocycles. The number of aromatic nitrogens is 1. The van der Waals surface area contributed by atoms with Gasteiger partial charge in [0, 0.05) is 17.6 Å². The second-order valence-electron chi connectivity index (χ2n) is 4.37. The summed E-state index contributed by atoms with van der Waals surface area (Å²) in [4.78, 5) is 5.58. The van der Waals surface area contributed by atoms with E-state index in [1.165, 1.54) is 18.0 Å². The number of thiazole rings is 1. The number of nitrogens with one attached hydrogen (secondary N) is 2.